The van der Waals surface area contributed by atoms with Crippen LogP contribution < -0.4 is 0 Å². The Balaban J connectivity index is 2.09. The number of alkyl halides is 3. The molecule has 7 heteroatoms. The lowest BCUT2D eigenvalue weighted by molar-refractivity contribution is -0.137. The van der Waals surface area contributed by atoms with Crippen molar-refractivity contribution in [3.63, 3.8) is 0 Å². The molecule has 0 aliphatic rings. The van der Waals surface area contributed by atoms with Crippen molar-refractivity contribution in [3.8, 4) is 11.3 Å². The molecular formula is C19H11Cl2F3N2. The second-order valence-corrected chi connectivity index (χ2v) is 6.77. The molecule has 132 valence electrons. The molecule has 0 aliphatic carbocycles. The van der Waals surface area contributed by atoms with Gasteiger partial charge in [0, 0.05) is 11.3 Å². The van der Waals surface area contributed by atoms with Crippen molar-refractivity contribution in [1.29, 1.82) is 0 Å². The number of benzene rings is 2. The molecule has 0 atom stereocenters. The van der Waals surface area contributed by atoms with Gasteiger partial charge in [-0.25, -0.2) is 4.98 Å². The first-order valence-corrected chi connectivity index (χ1v) is 8.46. The molecule has 0 aliphatic heterocycles. The van der Waals surface area contributed by atoms with Gasteiger partial charge in [-0.15, -0.1) is 0 Å². The third-order valence-corrected chi connectivity index (χ3v) is 4.88. The van der Waals surface area contributed by atoms with E-state index < -0.39 is 11.7 Å². The molecule has 0 spiro atoms. The molecule has 0 unspecified atom stereocenters. The maximum absolute atomic E-state index is 13.0. The Bertz CT molecular complexity index is 1140. The van der Waals surface area contributed by atoms with Crippen LogP contribution in [0, 0.1) is 6.92 Å². The largest absolute Gasteiger partial charge is 0.416 e. The zero-order valence-electron chi connectivity index (χ0n) is 13.4. The number of hydrogen-bond donors (Lipinski definition) is 0. The molecule has 2 nitrogen and oxygen atoms in total. The van der Waals surface area contributed by atoms with E-state index in [0.29, 0.717) is 11.2 Å². The Hall–Kier alpha value is -2.24. The van der Waals surface area contributed by atoms with Gasteiger partial charge in [0.15, 0.2) is 0 Å². The van der Waals surface area contributed by atoms with E-state index in [1.807, 2.05) is 47.7 Å². The van der Waals surface area contributed by atoms with E-state index in [0.717, 1.165) is 28.9 Å². The summed E-state index contributed by atoms with van der Waals surface area (Å²) in [5.41, 5.74) is 3.13. The Labute approximate surface area is 156 Å². The SMILES string of the molecule is Cc1ccc2c(-c3c(Cl)cc(C(F)(F)F)cc3Cl)nc3ccccc3n12. The number of para-hydroxylation sites is 2. The number of aryl methyl sites for hydroxylation is 1. The smallest absolute Gasteiger partial charge is 0.310 e. The average molecular weight is 395 g/mol. The summed E-state index contributed by atoms with van der Waals surface area (Å²) in [4.78, 5) is 4.63. The Morgan fingerprint density at radius 2 is 1.58 bits per heavy atom. The first-order valence-electron chi connectivity index (χ1n) is 7.71. The van der Waals surface area contributed by atoms with Gasteiger partial charge in [-0.1, -0.05) is 35.3 Å². The summed E-state index contributed by atoms with van der Waals surface area (Å²) in [5, 5.41) is -0.179. The van der Waals surface area contributed by atoms with Crippen molar-refractivity contribution in [2.24, 2.45) is 0 Å². The highest BCUT2D eigenvalue weighted by atomic mass is 35.5. The minimum atomic E-state index is -4.52. The van der Waals surface area contributed by atoms with Crippen molar-refractivity contribution in [2.45, 2.75) is 13.1 Å². The Morgan fingerprint density at radius 3 is 2.23 bits per heavy atom. The molecule has 0 amide bonds. The van der Waals surface area contributed by atoms with Gasteiger partial charge < -0.3 is 4.40 Å². The van der Waals surface area contributed by atoms with Crippen LogP contribution >= 0.6 is 23.2 Å². The number of halogens is 5. The molecule has 26 heavy (non-hydrogen) atoms. The van der Waals surface area contributed by atoms with E-state index in [-0.39, 0.29) is 15.6 Å². The van der Waals surface area contributed by atoms with Crippen LogP contribution in [0.1, 0.15) is 11.3 Å². The van der Waals surface area contributed by atoms with Crippen LogP contribution in [0.15, 0.2) is 48.5 Å². The van der Waals surface area contributed by atoms with Gasteiger partial charge in [0.25, 0.3) is 0 Å². The first kappa shape index (κ1) is 17.2. The molecule has 0 fully saturated rings. The van der Waals surface area contributed by atoms with Gasteiger partial charge in [-0.05, 0) is 43.3 Å². The maximum Gasteiger partial charge on any atom is 0.416 e. The quantitative estimate of drug-likeness (QED) is 0.347. The predicted octanol–water partition coefficient (Wildman–Crippen LogP) is 6.79. The van der Waals surface area contributed by atoms with Gasteiger partial charge >= 0.3 is 6.18 Å². The molecule has 2 aromatic carbocycles. The number of nitrogens with zero attached hydrogens (tertiary/aromatic N) is 2. The van der Waals surface area contributed by atoms with Gasteiger partial charge in [0.05, 0.1) is 37.9 Å². The van der Waals surface area contributed by atoms with Crippen LogP contribution in [0.3, 0.4) is 0 Å². The number of fused-ring (bicyclic) bond motifs is 3. The molecule has 0 saturated carbocycles. The lowest BCUT2D eigenvalue weighted by Gasteiger charge is -2.14. The number of hydrogen-bond acceptors (Lipinski definition) is 1. The van der Waals surface area contributed by atoms with Gasteiger partial charge in [0.1, 0.15) is 0 Å². The topological polar surface area (TPSA) is 17.3 Å². The van der Waals surface area contributed by atoms with Crippen molar-refractivity contribution in [3.05, 3.63) is 69.8 Å². The average Bonchev–Trinajstić information content (AvgIpc) is 2.96. The fraction of sp³-hybridized carbons (Fsp3) is 0.105. The van der Waals surface area contributed by atoms with Crippen LogP contribution in [-0.2, 0) is 6.18 Å². The number of rotatable bonds is 1. The van der Waals surface area contributed by atoms with Gasteiger partial charge in [0.2, 0.25) is 0 Å². The van der Waals surface area contributed by atoms with Crippen LogP contribution in [0.2, 0.25) is 10.0 Å². The maximum atomic E-state index is 13.0. The van der Waals surface area contributed by atoms with Crippen LogP contribution in [-0.4, -0.2) is 9.38 Å². The monoisotopic (exact) mass is 394 g/mol. The Morgan fingerprint density at radius 1 is 0.923 bits per heavy atom. The van der Waals surface area contributed by atoms with E-state index in [1.54, 1.807) is 0 Å². The molecule has 0 saturated heterocycles. The number of aromatic nitrogens is 2. The summed E-state index contributed by atoms with van der Waals surface area (Å²) >= 11 is 12.4. The third-order valence-electron chi connectivity index (χ3n) is 4.28. The van der Waals surface area contributed by atoms with Crippen molar-refractivity contribution in [2.75, 3.05) is 0 Å². The van der Waals surface area contributed by atoms with Crippen molar-refractivity contribution < 1.29 is 13.2 Å². The fourth-order valence-electron chi connectivity index (χ4n) is 3.12. The second-order valence-electron chi connectivity index (χ2n) is 5.96. The molecular weight excluding hydrogens is 384 g/mol. The van der Waals surface area contributed by atoms with Crippen LogP contribution in [0.4, 0.5) is 13.2 Å². The van der Waals surface area contributed by atoms with Gasteiger partial charge in [-0.2, -0.15) is 13.2 Å². The molecule has 2 aromatic heterocycles. The lowest BCUT2D eigenvalue weighted by Crippen LogP contribution is -2.05. The van der Waals surface area contributed by atoms with Crippen molar-refractivity contribution in [1.82, 2.24) is 9.38 Å². The summed E-state index contributed by atoms with van der Waals surface area (Å²) in [7, 11) is 0. The van der Waals surface area contributed by atoms with Crippen molar-refractivity contribution >= 4 is 39.8 Å². The normalized spacial score (nSPS) is 12.2. The highest BCUT2D eigenvalue weighted by molar-refractivity contribution is 6.39. The summed E-state index contributed by atoms with van der Waals surface area (Å²) in [5.74, 6) is 0. The summed E-state index contributed by atoms with van der Waals surface area (Å²) in [6, 6.07) is 13.1. The predicted molar refractivity (Wildman–Crippen MR) is 97.9 cm³/mol. The third kappa shape index (κ3) is 2.63. The van der Waals surface area contributed by atoms with Gasteiger partial charge in [-0.3, -0.25) is 0 Å². The first-order chi connectivity index (χ1) is 12.3. The van der Waals surface area contributed by atoms with Crippen LogP contribution in [0.5, 0.6) is 0 Å². The highest BCUT2D eigenvalue weighted by Gasteiger charge is 2.32. The Kier molecular flexibility index (Phi) is 3.90. The van der Waals surface area contributed by atoms with E-state index in [1.165, 1.54) is 0 Å². The summed E-state index contributed by atoms with van der Waals surface area (Å²) in [6.07, 6.45) is -4.52. The second kappa shape index (κ2) is 5.89. The zero-order chi connectivity index (χ0) is 18.6. The van der Waals surface area contributed by atoms with E-state index in [9.17, 15) is 13.2 Å². The molecule has 0 bridgehead atoms. The minimum Gasteiger partial charge on any atom is -0.310 e. The standard InChI is InChI=1S/C19H11Cl2F3N2/c1-10-6-7-16-18(25-14-4-2-3-5-15(14)26(10)16)17-12(20)8-11(9-13(17)21)19(22,23)24/h2-9H,1H3. The fourth-order valence-corrected chi connectivity index (χ4v) is 3.78. The molecule has 0 N–H and O–H groups in total. The molecule has 4 rings (SSSR count). The highest BCUT2D eigenvalue weighted by Crippen LogP contribution is 2.42. The van der Waals surface area contributed by atoms with E-state index in [2.05, 4.69) is 4.98 Å². The molecule has 2 heterocycles. The molecule has 0 radical (unpaired) electrons. The molecule has 4 aromatic rings. The summed E-state index contributed by atoms with van der Waals surface area (Å²) < 4.78 is 41.0. The lowest BCUT2D eigenvalue weighted by atomic mass is 10.1. The van der Waals surface area contributed by atoms with Crippen LogP contribution in [0.25, 0.3) is 27.8 Å². The van der Waals surface area contributed by atoms with E-state index >= 15 is 0 Å². The zero-order valence-corrected chi connectivity index (χ0v) is 14.9. The minimum absolute atomic E-state index is 0.0895. The van der Waals surface area contributed by atoms with E-state index in [4.69, 9.17) is 23.2 Å². The summed E-state index contributed by atoms with van der Waals surface area (Å²) in [6.45, 7) is 1.94.